The monoisotopic (exact) mass is 282 g/mol. The third-order valence-corrected chi connectivity index (χ3v) is 4.01. The van der Waals surface area contributed by atoms with Crippen LogP contribution >= 0.6 is 0 Å². The number of anilines is 1. The number of hydrogen-bond acceptors (Lipinski definition) is 2. The van der Waals surface area contributed by atoms with Gasteiger partial charge in [-0.1, -0.05) is 25.5 Å². The van der Waals surface area contributed by atoms with Gasteiger partial charge >= 0.3 is 0 Å². The summed E-state index contributed by atoms with van der Waals surface area (Å²) in [7, 11) is 4.13. The minimum absolute atomic E-state index is 0.543. The predicted molar refractivity (Wildman–Crippen MR) is 93.8 cm³/mol. The molecule has 0 amide bonds. The molecule has 1 aromatic carbocycles. The van der Waals surface area contributed by atoms with Crippen molar-refractivity contribution in [2.75, 3.05) is 19.0 Å². The lowest BCUT2D eigenvalue weighted by molar-refractivity contribution is 0.525. The van der Waals surface area contributed by atoms with Crippen molar-refractivity contribution in [1.29, 1.82) is 0 Å². The summed E-state index contributed by atoms with van der Waals surface area (Å²) in [6.07, 6.45) is 6.63. The fourth-order valence-corrected chi connectivity index (χ4v) is 2.91. The summed E-state index contributed by atoms with van der Waals surface area (Å²) >= 11 is 0. The molecule has 1 atom stereocenters. The molecule has 2 rings (SSSR count). The molecule has 0 aliphatic heterocycles. The molecule has 1 aliphatic rings. The zero-order valence-electron chi connectivity index (χ0n) is 14.0. The van der Waals surface area contributed by atoms with Crippen molar-refractivity contribution in [3.8, 4) is 0 Å². The van der Waals surface area contributed by atoms with Crippen molar-refractivity contribution in [3.05, 3.63) is 47.6 Å². The molecule has 1 aromatic rings. The number of rotatable bonds is 3. The standard InChI is InChI=1S/C19H26N2/c1-13(2)18-9-7-16(11-14(18)3)20-17-8-10-19(21(5)6)15(4)12-17/h7-13,18H,1-6H3/b20-16+. The third kappa shape index (κ3) is 3.63. The molecule has 1 unspecified atom stereocenters. The average Bonchev–Trinajstić information content (AvgIpc) is 2.37. The number of allylic oxidation sites excluding steroid dienone is 4. The van der Waals surface area contributed by atoms with Crippen molar-refractivity contribution in [2.24, 2.45) is 16.8 Å². The van der Waals surface area contributed by atoms with Crippen molar-refractivity contribution < 1.29 is 0 Å². The van der Waals surface area contributed by atoms with E-state index in [0.29, 0.717) is 11.8 Å². The molecule has 1 aliphatic carbocycles. The van der Waals surface area contributed by atoms with Crippen molar-refractivity contribution in [3.63, 3.8) is 0 Å². The average molecular weight is 282 g/mol. The Labute approximate surface area is 128 Å². The number of hydrogen-bond donors (Lipinski definition) is 0. The highest BCUT2D eigenvalue weighted by Crippen LogP contribution is 2.27. The Kier molecular flexibility index (Phi) is 4.66. The molecule has 0 radical (unpaired) electrons. The van der Waals surface area contributed by atoms with Crippen LogP contribution in [0.25, 0.3) is 0 Å². The van der Waals surface area contributed by atoms with Gasteiger partial charge in [0.15, 0.2) is 0 Å². The molecule has 0 aromatic heterocycles. The van der Waals surface area contributed by atoms with Crippen LogP contribution in [0.3, 0.4) is 0 Å². The molecule has 2 heteroatoms. The van der Waals surface area contributed by atoms with Crippen LogP contribution in [0.5, 0.6) is 0 Å². The Morgan fingerprint density at radius 2 is 1.86 bits per heavy atom. The van der Waals surface area contributed by atoms with Crippen molar-refractivity contribution in [1.82, 2.24) is 0 Å². The lowest BCUT2D eigenvalue weighted by Crippen LogP contribution is -2.12. The summed E-state index contributed by atoms with van der Waals surface area (Å²) in [6.45, 7) is 8.85. The minimum atomic E-state index is 0.543. The first-order valence-corrected chi connectivity index (χ1v) is 7.61. The molecular weight excluding hydrogens is 256 g/mol. The van der Waals surface area contributed by atoms with Crippen molar-refractivity contribution in [2.45, 2.75) is 27.7 Å². The quantitative estimate of drug-likeness (QED) is 0.768. The summed E-state index contributed by atoms with van der Waals surface area (Å²) in [5.74, 6) is 1.18. The third-order valence-electron chi connectivity index (χ3n) is 4.01. The summed E-state index contributed by atoms with van der Waals surface area (Å²) in [5.41, 5.74) is 5.95. The number of aryl methyl sites for hydroxylation is 1. The van der Waals surface area contributed by atoms with Gasteiger partial charge in [-0.25, -0.2) is 4.99 Å². The molecule has 0 heterocycles. The first-order chi connectivity index (χ1) is 9.88. The molecular formula is C19H26N2. The van der Waals surface area contributed by atoms with E-state index in [2.05, 4.69) is 83.1 Å². The Balaban J connectivity index is 2.26. The maximum atomic E-state index is 4.76. The summed E-state index contributed by atoms with van der Waals surface area (Å²) < 4.78 is 0. The van der Waals surface area contributed by atoms with E-state index in [1.165, 1.54) is 16.8 Å². The second-order valence-corrected chi connectivity index (χ2v) is 6.42. The second-order valence-electron chi connectivity index (χ2n) is 6.42. The van der Waals surface area contributed by atoms with Crippen molar-refractivity contribution >= 4 is 17.1 Å². The lowest BCUT2D eigenvalue weighted by atomic mass is 9.85. The van der Waals surface area contributed by atoms with Crippen LogP contribution in [0, 0.1) is 18.8 Å². The van der Waals surface area contributed by atoms with E-state index in [1.807, 2.05) is 0 Å². The molecule has 0 saturated heterocycles. The Morgan fingerprint density at radius 1 is 1.14 bits per heavy atom. The van der Waals surface area contributed by atoms with E-state index >= 15 is 0 Å². The Morgan fingerprint density at radius 3 is 2.38 bits per heavy atom. The Hall–Kier alpha value is -1.83. The van der Waals surface area contributed by atoms with Gasteiger partial charge in [0.1, 0.15) is 0 Å². The fourth-order valence-electron chi connectivity index (χ4n) is 2.91. The molecule has 0 bridgehead atoms. The van der Waals surface area contributed by atoms with Gasteiger partial charge in [-0.2, -0.15) is 0 Å². The van der Waals surface area contributed by atoms with Crippen LogP contribution in [-0.2, 0) is 0 Å². The van der Waals surface area contributed by atoms with E-state index in [1.54, 1.807) is 0 Å². The van der Waals surface area contributed by atoms with Crippen LogP contribution in [0.1, 0.15) is 26.3 Å². The zero-order valence-corrected chi connectivity index (χ0v) is 14.0. The van der Waals surface area contributed by atoms with Crippen LogP contribution in [0.2, 0.25) is 0 Å². The first kappa shape index (κ1) is 15.6. The van der Waals surface area contributed by atoms with E-state index in [0.717, 1.165) is 11.4 Å². The Bertz CT molecular complexity index is 604. The van der Waals surface area contributed by atoms with E-state index in [-0.39, 0.29) is 0 Å². The highest BCUT2D eigenvalue weighted by Gasteiger charge is 2.15. The molecule has 0 saturated carbocycles. The van der Waals surface area contributed by atoms with E-state index in [9.17, 15) is 0 Å². The second kappa shape index (κ2) is 6.30. The van der Waals surface area contributed by atoms with E-state index in [4.69, 9.17) is 4.99 Å². The van der Waals surface area contributed by atoms with Gasteiger partial charge in [0.05, 0.1) is 11.4 Å². The van der Waals surface area contributed by atoms with Crippen LogP contribution < -0.4 is 4.90 Å². The number of benzene rings is 1. The van der Waals surface area contributed by atoms with Crippen LogP contribution in [0.4, 0.5) is 11.4 Å². The summed E-state index contributed by atoms with van der Waals surface area (Å²) in [4.78, 5) is 6.89. The topological polar surface area (TPSA) is 15.6 Å². The maximum absolute atomic E-state index is 4.76. The molecule has 21 heavy (non-hydrogen) atoms. The highest BCUT2D eigenvalue weighted by molar-refractivity contribution is 6.06. The minimum Gasteiger partial charge on any atom is -0.377 e. The van der Waals surface area contributed by atoms with E-state index < -0.39 is 0 Å². The van der Waals surface area contributed by atoms with Gasteiger partial charge in [0, 0.05) is 25.7 Å². The van der Waals surface area contributed by atoms with Gasteiger partial charge in [-0.15, -0.1) is 0 Å². The van der Waals surface area contributed by atoms with Crippen LogP contribution in [0.15, 0.2) is 47.0 Å². The maximum Gasteiger partial charge on any atom is 0.0641 e. The summed E-state index contributed by atoms with van der Waals surface area (Å²) in [6, 6.07) is 6.36. The molecule has 112 valence electrons. The first-order valence-electron chi connectivity index (χ1n) is 7.61. The molecule has 0 N–H and O–H groups in total. The molecule has 0 spiro atoms. The summed E-state index contributed by atoms with van der Waals surface area (Å²) in [5, 5.41) is 0. The smallest absolute Gasteiger partial charge is 0.0641 e. The predicted octanol–water partition coefficient (Wildman–Crippen LogP) is 4.92. The zero-order chi connectivity index (χ0) is 15.6. The van der Waals surface area contributed by atoms with Gasteiger partial charge < -0.3 is 4.90 Å². The van der Waals surface area contributed by atoms with Gasteiger partial charge in [0.2, 0.25) is 0 Å². The van der Waals surface area contributed by atoms with Gasteiger partial charge in [-0.3, -0.25) is 0 Å². The lowest BCUT2D eigenvalue weighted by Gasteiger charge is -2.21. The SMILES string of the molecule is CC1=C/C(=N/c2ccc(N(C)C)c(C)c2)C=CC1C(C)C. The van der Waals surface area contributed by atoms with Gasteiger partial charge in [-0.05, 0) is 55.7 Å². The number of aliphatic imine (C=N–C) groups is 1. The number of nitrogens with zero attached hydrogens (tertiary/aromatic N) is 2. The normalized spacial score (nSPS) is 20.0. The van der Waals surface area contributed by atoms with Gasteiger partial charge in [0.25, 0.3) is 0 Å². The highest BCUT2D eigenvalue weighted by atomic mass is 15.1. The molecule has 2 nitrogen and oxygen atoms in total. The van der Waals surface area contributed by atoms with Crippen LogP contribution in [-0.4, -0.2) is 19.8 Å². The largest absolute Gasteiger partial charge is 0.377 e. The fraction of sp³-hybridized carbons (Fsp3) is 0.421. The molecule has 0 fully saturated rings.